The summed E-state index contributed by atoms with van der Waals surface area (Å²) in [5.41, 5.74) is 0.969. The second kappa shape index (κ2) is 12.7. The van der Waals surface area contributed by atoms with Crippen molar-refractivity contribution in [2.75, 3.05) is 13.2 Å². The van der Waals surface area contributed by atoms with Crippen LogP contribution < -0.4 is 20.1 Å². The van der Waals surface area contributed by atoms with Crippen molar-refractivity contribution in [2.45, 2.75) is 26.9 Å². The Bertz CT molecular complexity index is 960. The number of rotatable bonds is 9. The minimum absolute atomic E-state index is 0. The highest BCUT2D eigenvalue weighted by Gasteiger charge is 2.07. The van der Waals surface area contributed by atoms with Crippen LogP contribution in [0.15, 0.2) is 53.9 Å². The third kappa shape index (κ3) is 7.39. The minimum atomic E-state index is 0. The molecule has 0 aliphatic carbocycles. The molecule has 31 heavy (non-hydrogen) atoms. The van der Waals surface area contributed by atoms with E-state index in [1.807, 2.05) is 57.3 Å². The van der Waals surface area contributed by atoms with E-state index in [9.17, 15) is 0 Å². The summed E-state index contributed by atoms with van der Waals surface area (Å²) in [6.45, 7) is 6.31. The fourth-order valence-electron chi connectivity index (χ4n) is 2.64. The van der Waals surface area contributed by atoms with E-state index in [-0.39, 0.29) is 24.0 Å². The number of pyridine rings is 1. The molecule has 0 spiro atoms. The predicted molar refractivity (Wildman–Crippen MR) is 130 cm³/mol. The first-order chi connectivity index (χ1) is 14.7. The molecule has 0 unspecified atom stereocenters. The average Bonchev–Trinajstić information content (AvgIpc) is 3.17. The van der Waals surface area contributed by atoms with Crippen LogP contribution in [0.3, 0.4) is 0 Å². The second-order valence-electron chi connectivity index (χ2n) is 6.34. The molecule has 0 radical (unpaired) electrons. The van der Waals surface area contributed by atoms with E-state index in [1.54, 1.807) is 10.9 Å². The molecule has 0 saturated heterocycles. The van der Waals surface area contributed by atoms with Gasteiger partial charge in [0.2, 0.25) is 5.88 Å². The van der Waals surface area contributed by atoms with Gasteiger partial charge in [0.25, 0.3) is 0 Å². The van der Waals surface area contributed by atoms with Gasteiger partial charge in [0.15, 0.2) is 17.5 Å². The zero-order chi connectivity index (χ0) is 21.2. The Morgan fingerprint density at radius 3 is 2.52 bits per heavy atom. The summed E-state index contributed by atoms with van der Waals surface area (Å²) in [4.78, 5) is 13.2. The van der Waals surface area contributed by atoms with Crippen LogP contribution in [-0.2, 0) is 20.1 Å². The highest BCUT2D eigenvalue weighted by atomic mass is 127. The Balaban J connectivity index is 0.00000341. The number of benzene rings is 1. The van der Waals surface area contributed by atoms with Crippen molar-refractivity contribution in [3.8, 4) is 17.4 Å². The molecule has 0 amide bonds. The van der Waals surface area contributed by atoms with Crippen LogP contribution in [0.25, 0.3) is 0 Å². The third-order valence-electron chi connectivity index (χ3n) is 4.14. The largest absolute Gasteiger partial charge is 0.490 e. The van der Waals surface area contributed by atoms with Crippen molar-refractivity contribution in [3.05, 3.63) is 60.3 Å². The van der Waals surface area contributed by atoms with Crippen LogP contribution >= 0.6 is 24.0 Å². The van der Waals surface area contributed by atoms with E-state index in [4.69, 9.17) is 9.47 Å². The molecule has 0 fully saturated rings. The van der Waals surface area contributed by atoms with Gasteiger partial charge in [-0.3, -0.25) is 4.68 Å². The maximum Gasteiger partial charge on any atom is 0.219 e. The van der Waals surface area contributed by atoms with E-state index in [0.717, 1.165) is 17.9 Å². The summed E-state index contributed by atoms with van der Waals surface area (Å²) in [6, 6.07) is 11.3. The van der Waals surface area contributed by atoms with Crippen molar-refractivity contribution in [2.24, 2.45) is 12.0 Å². The fourth-order valence-corrected chi connectivity index (χ4v) is 2.64. The molecule has 2 aromatic heterocycles. The first kappa shape index (κ1) is 24.4. The number of nitrogens with one attached hydrogen (secondary N) is 2. The van der Waals surface area contributed by atoms with Gasteiger partial charge in [-0.15, -0.1) is 24.0 Å². The molecule has 2 heterocycles. The van der Waals surface area contributed by atoms with Crippen LogP contribution in [0.2, 0.25) is 0 Å². The van der Waals surface area contributed by atoms with Crippen LogP contribution in [0.4, 0.5) is 0 Å². The molecule has 0 bridgehead atoms. The maximum atomic E-state index is 5.86. The predicted octanol–water partition coefficient (Wildman–Crippen LogP) is 3.27. The number of aryl methyl sites for hydroxylation is 1. The van der Waals surface area contributed by atoms with Crippen molar-refractivity contribution >= 4 is 29.9 Å². The third-order valence-corrected chi connectivity index (χ3v) is 4.14. The Hall–Kier alpha value is -2.89. The number of para-hydroxylation sites is 2. The number of guanidine groups is 1. The zero-order valence-electron chi connectivity index (χ0n) is 17.9. The SMILES string of the molecule is CCNC(=NCc1ccc(Oc2ccccc2OCC)nc1)NCc1ncnn1C.I. The molecule has 2 N–H and O–H groups in total. The van der Waals surface area contributed by atoms with Gasteiger partial charge in [-0.2, -0.15) is 5.10 Å². The fraction of sp³-hybridized carbons (Fsp3) is 0.333. The highest BCUT2D eigenvalue weighted by Crippen LogP contribution is 2.30. The Morgan fingerprint density at radius 2 is 1.87 bits per heavy atom. The number of aliphatic imine (C=N–C) groups is 1. The van der Waals surface area contributed by atoms with Crippen LogP contribution in [0.1, 0.15) is 25.2 Å². The normalized spacial score (nSPS) is 10.9. The molecule has 0 atom stereocenters. The van der Waals surface area contributed by atoms with E-state index in [0.29, 0.717) is 43.0 Å². The number of hydrogen-bond acceptors (Lipinski definition) is 6. The summed E-state index contributed by atoms with van der Waals surface area (Å²) in [5, 5.41) is 10.5. The Labute approximate surface area is 199 Å². The van der Waals surface area contributed by atoms with Crippen LogP contribution in [0.5, 0.6) is 17.4 Å². The number of halogens is 1. The second-order valence-corrected chi connectivity index (χ2v) is 6.34. The first-order valence-electron chi connectivity index (χ1n) is 9.89. The van der Waals surface area contributed by atoms with E-state index in [2.05, 4.69) is 30.7 Å². The van der Waals surface area contributed by atoms with Crippen molar-refractivity contribution in [1.82, 2.24) is 30.4 Å². The molecule has 1 aromatic carbocycles. The van der Waals surface area contributed by atoms with Gasteiger partial charge in [0.05, 0.1) is 19.7 Å². The molecule has 9 nitrogen and oxygen atoms in total. The van der Waals surface area contributed by atoms with Gasteiger partial charge in [0.1, 0.15) is 12.2 Å². The first-order valence-corrected chi connectivity index (χ1v) is 9.89. The van der Waals surface area contributed by atoms with Crippen LogP contribution in [0, 0.1) is 0 Å². The molecular formula is C21H28IN7O2. The summed E-state index contributed by atoms with van der Waals surface area (Å²) in [6.07, 6.45) is 3.29. The minimum Gasteiger partial charge on any atom is -0.490 e. The van der Waals surface area contributed by atoms with Gasteiger partial charge < -0.3 is 20.1 Å². The van der Waals surface area contributed by atoms with E-state index < -0.39 is 0 Å². The Kier molecular flexibility index (Phi) is 10.0. The van der Waals surface area contributed by atoms with Crippen molar-refractivity contribution in [3.63, 3.8) is 0 Å². The lowest BCUT2D eigenvalue weighted by atomic mass is 10.3. The van der Waals surface area contributed by atoms with Gasteiger partial charge in [-0.05, 0) is 31.5 Å². The monoisotopic (exact) mass is 537 g/mol. The lowest BCUT2D eigenvalue weighted by molar-refractivity contribution is 0.319. The lowest BCUT2D eigenvalue weighted by Crippen LogP contribution is -2.37. The molecule has 10 heteroatoms. The lowest BCUT2D eigenvalue weighted by Gasteiger charge is -2.11. The molecule has 3 rings (SSSR count). The number of hydrogen-bond donors (Lipinski definition) is 2. The summed E-state index contributed by atoms with van der Waals surface area (Å²) < 4.78 is 13.2. The maximum absolute atomic E-state index is 5.86. The summed E-state index contributed by atoms with van der Waals surface area (Å²) >= 11 is 0. The highest BCUT2D eigenvalue weighted by molar-refractivity contribution is 14.0. The van der Waals surface area contributed by atoms with Gasteiger partial charge in [-0.1, -0.05) is 18.2 Å². The zero-order valence-corrected chi connectivity index (χ0v) is 20.2. The van der Waals surface area contributed by atoms with E-state index >= 15 is 0 Å². The molecule has 0 aliphatic heterocycles. The van der Waals surface area contributed by atoms with Crippen molar-refractivity contribution in [1.29, 1.82) is 0 Å². The van der Waals surface area contributed by atoms with Gasteiger partial charge >= 0.3 is 0 Å². The quantitative estimate of drug-likeness (QED) is 0.246. The average molecular weight is 537 g/mol. The van der Waals surface area contributed by atoms with Crippen LogP contribution in [-0.4, -0.2) is 38.9 Å². The number of ether oxygens (including phenoxy) is 2. The summed E-state index contributed by atoms with van der Waals surface area (Å²) in [7, 11) is 1.86. The molecule has 0 aliphatic rings. The van der Waals surface area contributed by atoms with Crippen molar-refractivity contribution < 1.29 is 9.47 Å². The van der Waals surface area contributed by atoms with E-state index in [1.165, 1.54) is 6.33 Å². The summed E-state index contributed by atoms with van der Waals surface area (Å²) in [5.74, 6) is 3.37. The molecule has 166 valence electrons. The topological polar surface area (TPSA) is 98.5 Å². The molecule has 3 aromatic rings. The van der Waals surface area contributed by atoms with Gasteiger partial charge in [-0.25, -0.2) is 15.0 Å². The number of aromatic nitrogens is 4. The standard InChI is InChI=1S/C21H27N7O2.HI/c1-4-22-21(25-14-19-26-15-27-28(19)3)24-13-16-10-11-20(23-12-16)30-18-9-7-6-8-17(18)29-5-2;/h6-12,15H,4-5,13-14H2,1-3H3,(H2,22,24,25);1H. The molecular weight excluding hydrogens is 509 g/mol. The molecule has 0 saturated carbocycles. The Morgan fingerprint density at radius 1 is 1.06 bits per heavy atom. The smallest absolute Gasteiger partial charge is 0.219 e. The van der Waals surface area contributed by atoms with Gasteiger partial charge in [0, 0.05) is 25.9 Å². The number of nitrogens with zero attached hydrogens (tertiary/aromatic N) is 5.